The average Bonchev–Trinajstić information content (AvgIpc) is 2.58. The highest BCUT2D eigenvalue weighted by Gasteiger charge is 2.28. The number of carbonyl (C=O) groups excluding carboxylic acids is 3. The van der Waals surface area contributed by atoms with Crippen molar-refractivity contribution in [2.45, 2.75) is 44.9 Å². The molecule has 150 valence electrons. The quantitative estimate of drug-likeness (QED) is 0.206. The predicted octanol–water partition coefficient (Wildman–Crippen LogP) is -0.705. The van der Waals surface area contributed by atoms with Crippen molar-refractivity contribution >= 4 is 17.9 Å². The average molecular weight is 382 g/mol. The summed E-state index contributed by atoms with van der Waals surface area (Å²) in [4.78, 5) is 36.1. The Labute approximate surface area is 157 Å². The first-order valence-electron chi connectivity index (χ1n) is 8.25. The zero-order valence-electron chi connectivity index (χ0n) is 15.5. The van der Waals surface area contributed by atoms with E-state index in [1.807, 2.05) is 5.43 Å². The molecule has 0 spiro atoms. The number of aliphatic hydroxyl groups is 1. The predicted molar refractivity (Wildman–Crippen MR) is 96.3 cm³/mol. The summed E-state index contributed by atoms with van der Waals surface area (Å²) in [5.41, 5.74) is 1.83. The number of amides is 3. The van der Waals surface area contributed by atoms with Crippen molar-refractivity contribution in [2.24, 2.45) is 5.84 Å². The van der Waals surface area contributed by atoms with Crippen molar-refractivity contribution in [3.8, 4) is 5.75 Å². The second-order valence-corrected chi connectivity index (χ2v) is 6.82. The van der Waals surface area contributed by atoms with E-state index in [0.29, 0.717) is 5.56 Å². The highest BCUT2D eigenvalue weighted by Crippen LogP contribution is 2.11. The molecule has 0 aliphatic heterocycles. The van der Waals surface area contributed by atoms with E-state index in [0.717, 1.165) is 0 Å². The molecule has 1 aromatic carbocycles. The van der Waals surface area contributed by atoms with Crippen LogP contribution in [0.5, 0.6) is 5.75 Å². The van der Waals surface area contributed by atoms with E-state index in [4.69, 9.17) is 10.6 Å². The van der Waals surface area contributed by atoms with Gasteiger partial charge in [0, 0.05) is 6.42 Å². The fourth-order valence-corrected chi connectivity index (χ4v) is 2.09. The zero-order chi connectivity index (χ0) is 20.6. The van der Waals surface area contributed by atoms with Crippen LogP contribution in [-0.2, 0) is 20.7 Å². The molecular weight excluding hydrogens is 356 g/mol. The lowest BCUT2D eigenvalue weighted by molar-refractivity contribution is -0.130. The van der Waals surface area contributed by atoms with Gasteiger partial charge in [-0.05, 0) is 38.5 Å². The molecular formula is C17H26N4O6. The Bertz CT molecular complexity index is 656. The first-order chi connectivity index (χ1) is 12.6. The van der Waals surface area contributed by atoms with Crippen LogP contribution < -0.4 is 21.9 Å². The van der Waals surface area contributed by atoms with E-state index in [1.54, 1.807) is 32.9 Å². The minimum Gasteiger partial charge on any atom is -0.508 e. The number of alkyl carbamates (subject to hydrolysis) is 1. The van der Waals surface area contributed by atoms with Gasteiger partial charge in [-0.2, -0.15) is 0 Å². The van der Waals surface area contributed by atoms with Crippen LogP contribution in [0, 0.1) is 0 Å². The van der Waals surface area contributed by atoms with Crippen LogP contribution in [-0.4, -0.2) is 52.4 Å². The Morgan fingerprint density at radius 1 is 1.07 bits per heavy atom. The standard InChI is InChI=1S/C17H26N4O6/c1-17(2,3)27-16(26)20-13(9-22)14(24)19-12(15(25)21-18)8-10-4-6-11(23)7-5-10/h4-7,12-13,22-23H,8-9,18H2,1-3H3,(H,19,24)(H,20,26)(H,21,25)/t12-,13+/m0/s1. The molecule has 0 heterocycles. The number of ether oxygens (including phenoxy) is 1. The lowest BCUT2D eigenvalue weighted by Gasteiger charge is -2.24. The van der Waals surface area contributed by atoms with Gasteiger partial charge in [-0.3, -0.25) is 15.0 Å². The van der Waals surface area contributed by atoms with Gasteiger partial charge in [0.1, 0.15) is 23.4 Å². The summed E-state index contributed by atoms with van der Waals surface area (Å²) in [5.74, 6) is 3.77. The molecule has 10 heteroatoms. The molecule has 1 aromatic rings. The molecule has 0 saturated carbocycles. The molecule has 0 radical (unpaired) electrons. The molecule has 0 aliphatic carbocycles. The summed E-state index contributed by atoms with van der Waals surface area (Å²) in [5, 5.41) is 23.4. The maximum Gasteiger partial charge on any atom is 0.408 e. The van der Waals surface area contributed by atoms with Crippen molar-refractivity contribution in [3.05, 3.63) is 29.8 Å². The second kappa shape index (κ2) is 9.74. The van der Waals surface area contributed by atoms with E-state index >= 15 is 0 Å². The van der Waals surface area contributed by atoms with E-state index in [-0.39, 0.29) is 12.2 Å². The highest BCUT2D eigenvalue weighted by molar-refractivity contribution is 5.91. The Kier molecular flexibility index (Phi) is 8.00. The largest absolute Gasteiger partial charge is 0.508 e. The lowest BCUT2D eigenvalue weighted by atomic mass is 10.0. The number of nitrogens with one attached hydrogen (secondary N) is 3. The number of rotatable bonds is 7. The molecule has 2 atom stereocenters. The topological polar surface area (TPSA) is 163 Å². The third-order valence-electron chi connectivity index (χ3n) is 3.34. The zero-order valence-corrected chi connectivity index (χ0v) is 15.5. The van der Waals surface area contributed by atoms with Gasteiger partial charge in [-0.25, -0.2) is 10.6 Å². The van der Waals surface area contributed by atoms with Crippen LogP contribution in [0.4, 0.5) is 4.79 Å². The van der Waals surface area contributed by atoms with E-state index in [1.165, 1.54) is 12.1 Å². The van der Waals surface area contributed by atoms with Crippen LogP contribution in [0.2, 0.25) is 0 Å². The maximum absolute atomic E-state index is 12.3. The molecule has 27 heavy (non-hydrogen) atoms. The number of hydrazine groups is 1. The van der Waals surface area contributed by atoms with E-state index < -0.39 is 42.2 Å². The molecule has 3 amide bonds. The van der Waals surface area contributed by atoms with Gasteiger partial charge < -0.3 is 25.6 Å². The van der Waals surface area contributed by atoms with Crippen molar-refractivity contribution in [2.75, 3.05) is 6.61 Å². The summed E-state index contributed by atoms with van der Waals surface area (Å²) >= 11 is 0. The Morgan fingerprint density at radius 3 is 2.15 bits per heavy atom. The summed E-state index contributed by atoms with van der Waals surface area (Å²) in [6, 6.07) is 3.68. The third-order valence-corrected chi connectivity index (χ3v) is 3.34. The number of aromatic hydroxyl groups is 1. The van der Waals surface area contributed by atoms with Crippen LogP contribution in [0.15, 0.2) is 24.3 Å². The van der Waals surface area contributed by atoms with Crippen molar-refractivity contribution in [1.82, 2.24) is 16.1 Å². The Balaban J connectivity index is 2.79. The lowest BCUT2D eigenvalue weighted by Crippen LogP contribution is -2.56. The minimum atomic E-state index is -1.31. The highest BCUT2D eigenvalue weighted by atomic mass is 16.6. The van der Waals surface area contributed by atoms with Gasteiger partial charge in [-0.15, -0.1) is 0 Å². The van der Waals surface area contributed by atoms with E-state index in [9.17, 15) is 24.6 Å². The molecule has 0 unspecified atom stereocenters. The molecule has 0 aromatic heterocycles. The van der Waals surface area contributed by atoms with Crippen LogP contribution in [0.1, 0.15) is 26.3 Å². The Morgan fingerprint density at radius 2 is 1.67 bits per heavy atom. The third kappa shape index (κ3) is 7.92. The molecule has 0 aliphatic rings. The first-order valence-corrected chi connectivity index (χ1v) is 8.25. The van der Waals surface area contributed by atoms with Crippen LogP contribution in [0.25, 0.3) is 0 Å². The molecule has 0 bridgehead atoms. The fourth-order valence-electron chi connectivity index (χ4n) is 2.09. The van der Waals surface area contributed by atoms with Gasteiger partial charge >= 0.3 is 6.09 Å². The second-order valence-electron chi connectivity index (χ2n) is 6.82. The number of benzene rings is 1. The number of aliphatic hydroxyl groups excluding tert-OH is 1. The van der Waals surface area contributed by atoms with Gasteiger partial charge in [0.15, 0.2) is 0 Å². The van der Waals surface area contributed by atoms with Crippen molar-refractivity contribution in [3.63, 3.8) is 0 Å². The number of carbonyl (C=O) groups is 3. The van der Waals surface area contributed by atoms with Gasteiger partial charge in [0.25, 0.3) is 5.91 Å². The molecule has 10 nitrogen and oxygen atoms in total. The number of hydrogen-bond donors (Lipinski definition) is 6. The van der Waals surface area contributed by atoms with Crippen molar-refractivity contribution < 1.29 is 29.3 Å². The van der Waals surface area contributed by atoms with Crippen LogP contribution in [0.3, 0.4) is 0 Å². The number of phenols is 1. The smallest absolute Gasteiger partial charge is 0.408 e. The summed E-state index contributed by atoms with van der Waals surface area (Å²) < 4.78 is 5.04. The van der Waals surface area contributed by atoms with Gasteiger partial charge in [-0.1, -0.05) is 12.1 Å². The number of hydrogen-bond acceptors (Lipinski definition) is 7. The number of phenolic OH excluding ortho intramolecular Hbond substituents is 1. The first kappa shape index (κ1) is 22.2. The Hall–Kier alpha value is -2.85. The molecule has 0 fully saturated rings. The van der Waals surface area contributed by atoms with E-state index in [2.05, 4.69) is 10.6 Å². The van der Waals surface area contributed by atoms with Gasteiger partial charge in [0.2, 0.25) is 5.91 Å². The summed E-state index contributed by atoms with van der Waals surface area (Å²) in [6.07, 6.45) is -0.797. The fraction of sp³-hybridized carbons (Fsp3) is 0.471. The maximum atomic E-state index is 12.3. The molecule has 0 saturated heterocycles. The summed E-state index contributed by atoms with van der Waals surface area (Å²) in [6.45, 7) is 4.26. The molecule has 7 N–H and O–H groups in total. The van der Waals surface area contributed by atoms with Gasteiger partial charge in [0.05, 0.1) is 6.61 Å². The normalized spacial score (nSPS) is 13.2. The SMILES string of the molecule is CC(C)(C)OC(=O)N[C@H](CO)C(=O)N[C@@H](Cc1ccc(O)cc1)C(=O)NN. The number of nitrogens with two attached hydrogens (primary N) is 1. The van der Waals surface area contributed by atoms with Crippen LogP contribution >= 0.6 is 0 Å². The monoisotopic (exact) mass is 382 g/mol. The van der Waals surface area contributed by atoms with Crippen molar-refractivity contribution in [1.29, 1.82) is 0 Å². The summed E-state index contributed by atoms with van der Waals surface area (Å²) in [7, 11) is 0. The minimum absolute atomic E-state index is 0.0597. The molecule has 1 rings (SSSR count).